The van der Waals surface area contributed by atoms with Gasteiger partial charge in [0.25, 0.3) is 11.8 Å². The number of hydrogen-bond donors (Lipinski definition) is 2. The third-order valence-electron chi connectivity index (χ3n) is 5.77. The Bertz CT molecular complexity index is 1200. The largest absolute Gasteiger partial charge is 0.491 e. The maximum Gasteiger partial charge on any atom is 0.269 e. The first-order chi connectivity index (χ1) is 17.4. The highest BCUT2D eigenvalue weighted by atomic mass is 16.5. The molecule has 0 radical (unpaired) electrons. The fourth-order valence-corrected chi connectivity index (χ4v) is 3.92. The van der Waals surface area contributed by atoms with Crippen LogP contribution in [-0.4, -0.2) is 58.7 Å². The van der Waals surface area contributed by atoms with Gasteiger partial charge in [0.05, 0.1) is 17.7 Å². The molecule has 2 aromatic heterocycles. The summed E-state index contributed by atoms with van der Waals surface area (Å²) in [4.78, 5) is 37.9. The Morgan fingerprint density at radius 1 is 1.08 bits per heavy atom. The standard InChI is InChI=1S/C27H31N5O4/c1-17(2)35-11-5-10-28-27(34)24-9-8-19(13-31-24)26(33)32-21-12-23-22(6-4-7-25(23)36-16-21)20-14-29-18(3)30-15-20/h4,6-9,13-15,17,21H,5,10-12,16H2,1-3H3,(H,28,34)(H,32,33)/t21-/m0/s1. The van der Waals surface area contributed by atoms with Crippen molar-refractivity contribution in [2.24, 2.45) is 0 Å². The van der Waals surface area contributed by atoms with Crippen molar-refractivity contribution in [3.05, 3.63) is 71.6 Å². The van der Waals surface area contributed by atoms with Gasteiger partial charge in [-0.25, -0.2) is 9.97 Å². The molecule has 3 heterocycles. The van der Waals surface area contributed by atoms with Crippen molar-refractivity contribution in [2.75, 3.05) is 19.8 Å². The Labute approximate surface area is 210 Å². The molecule has 9 heteroatoms. The van der Waals surface area contributed by atoms with E-state index in [0.717, 1.165) is 28.9 Å². The van der Waals surface area contributed by atoms with Gasteiger partial charge in [0, 0.05) is 49.3 Å². The molecule has 9 nitrogen and oxygen atoms in total. The van der Waals surface area contributed by atoms with Crippen molar-refractivity contribution in [1.82, 2.24) is 25.6 Å². The highest BCUT2D eigenvalue weighted by molar-refractivity contribution is 5.96. The maximum absolute atomic E-state index is 12.9. The molecule has 3 aromatic rings. The van der Waals surface area contributed by atoms with Crippen LogP contribution in [0.1, 0.15) is 52.5 Å². The van der Waals surface area contributed by atoms with E-state index in [1.807, 2.05) is 39.0 Å². The van der Waals surface area contributed by atoms with Crippen molar-refractivity contribution in [2.45, 2.75) is 45.8 Å². The second-order valence-electron chi connectivity index (χ2n) is 8.95. The molecule has 1 aliphatic heterocycles. The minimum atomic E-state index is -0.281. The summed E-state index contributed by atoms with van der Waals surface area (Å²) in [6.07, 6.45) is 6.50. The van der Waals surface area contributed by atoms with Crippen molar-refractivity contribution in [3.63, 3.8) is 0 Å². The van der Waals surface area contributed by atoms with Gasteiger partial charge in [0.2, 0.25) is 0 Å². The lowest BCUT2D eigenvalue weighted by atomic mass is 9.94. The molecule has 2 amide bonds. The summed E-state index contributed by atoms with van der Waals surface area (Å²) in [6.45, 7) is 7.23. The number of nitrogens with zero attached hydrogens (tertiary/aromatic N) is 3. The van der Waals surface area contributed by atoms with Crippen molar-refractivity contribution >= 4 is 11.8 Å². The van der Waals surface area contributed by atoms with Crippen LogP contribution in [0.25, 0.3) is 11.1 Å². The van der Waals surface area contributed by atoms with Crippen molar-refractivity contribution in [3.8, 4) is 16.9 Å². The van der Waals surface area contributed by atoms with Crippen LogP contribution in [0.3, 0.4) is 0 Å². The molecular weight excluding hydrogens is 458 g/mol. The van der Waals surface area contributed by atoms with Crippen LogP contribution >= 0.6 is 0 Å². The fourth-order valence-electron chi connectivity index (χ4n) is 3.92. The number of benzene rings is 1. The molecule has 0 spiro atoms. The minimum Gasteiger partial charge on any atom is -0.491 e. The summed E-state index contributed by atoms with van der Waals surface area (Å²) in [5, 5.41) is 5.83. The van der Waals surface area contributed by atoms with Crippen LogP contribution in [-0.2, 0) is 11.2 Å². The lowest BCUT2D eigenvalue weighted by molar-refractivity contribution is 0.0756. The molecule has 1 aromatic carbocycles. The van der Waals surface area contributed by atoms with Crippen molar-refractivity contribution in [1.29, 1.82) is 0 Å². The van der Waals surface area contributed by atoms with Gasteiger partial charge >= 0.3 is 0 Å². The second kappa shape index (κ2) is 11.7. The molecule has 36 heavy (non-hydrogen) atoms. The number of aryl methyl sites for hydroxylation is 1. The first-order valence-electron chi connectivity index (χ1n) is 12.1. The van der Waals surface area contributed by atoms with Crippen LogP contribution in [0, 0.1) is 6.92 Å². The van der Waals surface area contributed by atoms with Gasteiger partial charge < -0.3 is 20.1 Å². The Balaban J connectivity index is 1.34. The Hall–Kier alpha value is -3.85. The third-order valence-corrected chi connectivity index (χ3v) is 5.77. The molecule has 0 saturated heterocycles. The van der Waals surface area contributed by atoms with Crippen LogP contribution in [0.2, 0.25) is 0 Å². The number of hydrogen-bond acceptors (Lipinski definition) is 7. The number of aromatic nitrogens is 3. The number of pyridine rings is 1. The number of ether oxygens (including phenoxy) is 2. The van der Waals surface area contributed by atoms with Gasteiger partial charge in [0.15, 0.2) is 0 Å². The summed E-state index contributed by atoms with van der Waals surface area (Å²) >= 11 is 0. The van der Waals surface area contributed by atoms with E-state index in [0.29, 0.717) is 37.6 Å². The zero-order chi connectivity index (χ0) is 25.5. The summed E-state index contributed by atoms with van der Waals surface area (Å²) in [7, 11) is 0. The summed E-state index contributed by atoms with van der Waals surface area (Å²) < 4.78 is 11.4. The molecule has 2 N–H and O–H groups in total. The predicted molar refractivity (Wildman–Crippen MR) is 135 cm³/mol. The Morgan fingerprint density at radius 3 is 2.61 bits per heavy atom. The summed E-state index contributed by atoms with van der Waals surface area (Å²) in [6, 6.07) is 8.81. The highest BCUT2D eigenvalue weighted by Crippen LogP contribution is 2.33. The molecule has 0 bridgehead atoms. The number of nitrogens with one attached hydrogen (secondary N) is 2. The molecular formula is C27H31N5O4. The van der Waals surface area contributed by atoms with Gasteiger partial charge in [-0.15, -0.1) is 0 Å². The molecule has 0 aliphatic carbocycles. The lowest BCUT2D eigenvalue weighted by Gasteiger charge is -2.28. The fraction of sp³-hybridized carbons (Fsp3) is 0.370. The van der Waals surface area contributed by atoms with Gasteiger partial charge in [-0.2, -0.15) is 0 Å². The van der Waals surface area contributed by atoms with E-state index >= 15 is 0 Å². The van der Waals surface area contributed by atoms with E-state index in [4.69, 9.17) is 9.47 Å². The lowest BCUT2D eigenvalue weighted by Crippen LogP contribution is -2.43. The number of carbonyl (C=O) groups excluding carboxylic acids is 2. The summed E-state index contributed by atoms with van der Waals surface area (Å²) in [5.74, 6) is 0.953. The van der Waals surface area contributed by atoms with Crippen LogP contribution < -0.4 is 15.4 Å². The number of carbonyl (C=O) groups is 2. The smallest absolute Gasteiger partial charge is 0.269 e. The highest BCUT2D eigenvalue weighted by Gasteiger charge is 2.25. The maximum atomic E-state index is 12.9. The zero-order valence-electron chi connectivity index (χ0n) is 20.8. The average molecular weight is 490 g/mol. The minimum absolute atomic E-state index is 0.167. The molecule has 188 valence electrons. The predicted octanol–water partition coefficient (Wildman–Crippen LogP) is 3.13. The van der Waals surface area contributed by atoms with E-state index in [1.165, 1.54) is 6.20 Å². The van der Waals surface area contributed by atoms with Gasteiger partial charge in [-0.3, -0.25) is 14.6 Å². The topological polar surface area (TPSA) is 115 Å². The van der Waals surface area contributed by atoms with Gasteiger partial charge in [-0.05, 0) is 51.0 Å². The molecule has 1 atom stereocenters. The normalized spacial score (nSPS) is 14.6. The average Bonchev–Trinajstić information content (AvgIpc) is 2.88. The van der Waals surface area contributed by atoms with E-state index in [1.54, 1.807) is 24.5 Å². The second-order valence-corrected chi connectivity index (χ2v) is 8.95. The monoisotopic (exact) mass is 489 g/mol. The van der Waals surface area contributed by atoms with E-state index in [9.17, 15) is 9.59 Å². The molecule has 1 aliphatic rings. The van der Waals surface area contributed by atoms with Crippen LogP contribution in [0.15, 0.2) is 48.9 Å². The van der Waals surface area contributed by atoms with Gasteiger partial charge in [-0.1, -0.05) is 12.1 Å². The van der Waals surface area contributed by atoms with Crippen LogP contribution in [0.5, 0.6) is 5.75 Å². The van der Waals surface area contributed by atoms with Crippen LogP contribution in [0.4, 0.5) is 0 Å². The Morgan fingerprint density at radius 2 is 1.89 bits per heavy atom. The number of amides is 2. The van der Waals surface area contributed by atoms with E-state index in [2.05, 4.69) is 25.6 Å². The zero-order valence-corrected chi connectivity index (χ0v) is 20.8. The molecule has 0 saturated carbocycles. The van der Waals surface area contributed by atoms with Crippen molar-refractivity contribution < 1.29 is 19.1 Å². The number of fused-ring (bicyclic) bond motifs is 1. The summed E-state index contributed by atoms with van der Waals surface area (Å²) in [5.41, 5.74) is 3.53. The third kappa shape index (κ3) is 6.42. The molecule has 0 fully saturated rings. The molecule has 4 rings (SSSR count). The number of rotatable bonds is 9. The SMILES string of the molecule is Cc1ncc(-c2cccc3c2C[C@H](NC(=O)c2ccc(C(=O)NCCCOC(C)C)nc2)CO3)cn1. The first kappa shape index (κ1) is 25.2. The Kier molecular flexibility index (Phi) is 8.22. The van der Waals surface area contributed by atoms with E-state index < -0.39 is 0 Å². The van der Waals surface area contributed by atoms with E-state index in [-0.39, 0.29) is 29.7 Å². The van der Waals surface area contributed by atoms with Gasteiger partial charge in [0.1, 0.15) is 23.9 Å². The molecule has 0 unspecified atom stereocenters. The quantitative estimate of drug-likeness (QED) is 0.444. The first-order valence-corrected chi connectivity index (χ1v) is 12.1.